The van der Waals surface area contributed by atoms with Gasteiger partial charge in [0.2, 0.25) is 0 Å². The zero-order valence-electron chi connectivity index (χ0n) is 25.5. The van der Waals surface area contributed by atoms with Gasteiger partial charge in [-0.15, -0.1) is 0 Å². The van der Waals surface area contributed by atoms with E-state index in [1.807, 2.05) is 30.3 Å². The third-order valence-corrected chi connectivity index (χ3v) is 7.73. The normalized spacial score (nSPS) is 14.0. The fourth-order valence-corrected chi connectivity index (χ4v) is 5.36. The van der Waals surface area contributed by atoms with Gasteiger partial charge in [0.15, 0.2) is 5.82 Å². The zero-order valence-corrected chi connectivity index (χ0v) is 26.5. The van der Waals surface area contributed by atoms with Crippen molar-refractivity contribution in [3.05, 3.63) is 76.5 Å². The number of hydrogen-bond donors (Lipinski definition) is 3. The second kappa shape index (κ2) is 11.1. The van der Waals surface area contributed by atoms with Gasteiger partial charge in [-0.05, 0) is 43.0 Å². The fraction of sp³-hybridized carbons (Fsp3) is 0.441. The number of H-pyrrole nitrogens is 1. The van der Waals surface area contributed by atoms with E-state index in [-0.39, 0.29) is 16.2 Å². The van der Waals surface area contributed by atoms with Gasteiger partial charge in [0.25, 0.3) is 0 Å². The fourth-order valence-electron chi connectivity index (χ4n) is 5.08. The third kappa shape index (κ3) is 6.50. The molecule has 6 heteroatoms. The molecule has 214 valence electrons. The van der Waals surface area contributed by atoms with Gasteiger partial charge in [-0.25, -0.2) is 9.97 Å². The summed E-state index contributed by atoms with van der Waals surface area (Å²) in [5, 5.41) is 8.04. The number of aromatic amines is 1. The van der Waals surface area contributed by atoms with Gasteiger partial charge < -0.3 is 10.4 Å². The number of nitrogens with zero attached hydrogens (tertiary/aromatic N) is 2. The molecule has 5 rings (SSSR count). The molecule has 0 spiro atoms. The van der Waals surface area contributed by atoms with Crippen molar-refractivity contribution in [2.45, 2.75) is 97.8 Å². The van der Waals surface area contributed by atoms with Crippen LogP contribution >= 0.6 is 0 Å². The molecular weight excluding hydrogens is 537 g/mol. The van der Waals surface area contributed by atoms with Gasteiger partial charge in [-0.3, -0.25) is 0 Å². The summed E-state index contributed by atoms with van der Waals surface area (Å²) in [6.45, 7) is 20.4. The molecule has 1 aliphatic carbocycles. The third-order valence-electron chi connectivity index (χ3n) is 7.47. The number of hydrogen-bond acceptors (Lipinski definition) is 4. The number of para-hydroxylation sites is 2. The van der Waals surface area contributed by atoms with E-state index in [1.165, 1.54) is 22.3 Å². The van der Waals surface area contributed by atoms with E-state index in [1.54, 1.807) is 0 Å². The van der Waals surface area contributed by atoms with Crippen LogP contribution in [0.2, 0.25) is 0 Å². The molecule has 0 unspecified atom stereocenters. The van der Waals surface area contributed by atoms with Crippen LogP contribution in [0, 0.1) is 5.41 Å². The molecule has 0 aliphatic heterocycles. The Morgan fingerprint density at radius 3 is 1.98 bits per heavy atom. The molecule has 0 saturated heterocycles. The maximum absolute atomic E-state index is 8.04. The minimum absolute atomic E-state index is 0.0885. The summed E-state index contributed by atoms with van der Waals surface area (Å²) in [7, 11) is 0. The van der Waals surface area contributed by atoms with E-state index in [0.29, 0.717) is 5.71 Å². The van der Waals surface area contributed by atoms with E-state index in [9.17, 15) is 0 Å². The smallest absolute Gasteiger partial charge is 0.157 e. The first-order chi connectivity index (χ1) is 18.6. The van der Waals surface area contributed by atoms with E-state index in [2.05, 4.69) is 116 Å². The number of aromatic nitrogens is 3. The van der Waals surface area contributed by atoms with E-state index in [4.69, 9.17) is 5.41 Å². The number of anilines is 1. The van der Waals surface area contributed by atoms with Crippen LogP contribution in [0.5, 0.6) is 0 Å². The molecule has 0 atom stereocenters. The Morgan fingerprint density at radius 1 is 0.800 bits per heavy atom. The van der Waals surface area contributed by atoms with Crippen molar-refractivity contribution in [2.75, 3.05) is 4.37 Å². The molecule has 0 fully saturated rings. The van der Waals surface area contributed by atoms with Crippen molar-refractivity contribution in [1.29, 1.82) is 5.41 Å². The van der Waals surface area contributed by atoms with Crippen molar-refractivity contribution in [1.82, 2.24) is 15.0 Å². The second-order valence-corrected chi connectivity index (χ2v) is 14.2. The van der Waals surface area contributed by atoms with Crippen LogP contribution in [0.4, 0.5) is 5.69 Å². The molecule has 0 saturated carbocycles. The van der Waals surface area contributed by atoms with Crippen LogP contribution < -0.4 is 4.37 Å². The van der Waals surface area contributed by atoms with Gasteiger partial charge in [-0.1, -0.05) is 18.2 Å². The van der Waals surface area contributed by atoms with Crippen LogP contribution in [-0.4, -0.2) is 20.7 Å². The first-order valence-corrected chi connectivity index (χ1v) is 14.7. The number of pyridine rings is 1. The van der Waals surface area contributed by atoms with Gasteiger partial charge in [0, 0.05) is 0 Å². The Balaban J connectivity index is 0.000000185. The molecule has 4 aromatic rings. The summed E-state index contributed by atoms with van der Waals surface area (Å²) < 4.78 is 3.14. The summed E-state index contributed by atoms with van der Waals surface area (Å²) in [4.78, 5) is 12.5. The maximum Gasteiger partial charge on any atom is 0.157 e. The Hall–Kier alpha value is -2.96. The predicted octanol–water partition coefficient (Wildman–Crippen LogP) is 8.78. The standard InChI is InChI=1S/C18H30N.C16H14N4.Co/c1-16(2,3)12-10-13(17(4,5)6)15(19)14(11-12)18(7,8)9;17-11-5-3-4-10-8-9-14(18-15(10)11)16-19-12-6-1-2-7-13(12)20-16;/h10-11,19H,1-9H3;1-2,6-9,17H,3-5H2,(H,19,20);/q-1;;+1. The number of rotatable bonds is 2. The molecule has 40 heavy (non-hydrogen) atoms. The van der Waals surface area contributed by atoms with Crippen molar-refractivity contribution in [3.63, 3.8) is 0 Å². The van der Waals surface area contributed by atoms with E-state index in [0.717, 1.165) is 53.2 Å². The summed E-state index contributed by atoms with van der Waals surface area (Å²) in [5.74, 6) is 0.771. The first kappa shape index (κ1) is 30.0. The van der Waals surface area contributed by atoms with Gasteiger partial charge in [-0.2, -0.15) is 0 Å². The predicted molar refractivity (Wildman–Crippen MR) is 165 cm³/mol. The average molecular weight is 582 g/mol. The molecule has 0 amide bonds. The van der Waals surface area contributed by atoms with E-state index >= 15 is 0 Å². The molecule has 2 aromatic carbocycles. The first-order valence-electron chi connectivity index (χ1n) is 14.2. The quantitative estimate of drug-likeness (QED) is 0.221. The van der Waals surface area contributed by atoms with Crippen molar-refractivity contribution < 1.29 is 16.0 Å². The van der Waals surface area contributed by atoms with Crippen molar-refractivity contribution in [2.24, 2.45) is 0 Å². The van der Waals surface area contributed by atoms with Crippen LogP contribution in [0.15, 0.2) is 48.5 Å². The molecule has 1 aliphatic rings. The van der Waals surface area contributed by atoms with Crippen molar-refractivity contribution >= 4 is 22.4 Å². The number of imidazole rings is 1. The van der Waals surface area contributed by atoms with Crippen LogP contribution in [0.1, 0.15) is 103 Å². The summed E-state index contributed by atoms with van der Waals surface area (Å²) >= 11 is 4.42. The minimum atomic E-state index is 0.0885. The molecule has 2 heterocycles. The monoisotopic (exact) mass is 581 g/mol. The molecule has 0 bridgehead atoms. The number of fused-ring (bicyclic) bond motifs is 2. The second-order valence-electron chi connectivity index (χ2n) is 13.9. The van der Waals surface area contributed by atoms with Crippen molar-refractivity contribution in [3.8, 4) is 11.5 Å². The Kier molecular flexibility index (Phi) is 8.35. The van der Waals surface area contributed by atoms with Gasteiger partial charge in [0.1, 0.15) is 5.69 Å². The largest absolute Gasteiger partial charge is 0.337 e. The van der Waals surface area contributed by atoms with Gasteiger partial charge >= 0.3 is 133 Å². The van der Waals surface area contributed by atoms with Gasteiger partial charge in [0.05, 0.1) is 22.4 Å². The Bertz CT molecular complexity index is 1460. The zero-order chi connectivity index (χ0) is 29.5. The number of nitrogens with one attached hydrogen (secondary N) is 3. The summed E-state index contributed by atoms with van der Waals surface area (Å²) in [6, 6.07) is 16.7. The SMILES string of the molecule is CC(C)(C)c1cc(C(C)(C)C)c([NH][Co])c(C(C)(C)C)c1.N=C1CCCc2ccc(-c3nc4ccccc4[nH]3)nc21. The van der Waals surface area contributed by atoms with Crippen LogP contribution in [0.25, 0.3) is 22.6 Å². The summed E-state index contributed by atoms with van der Waals surface area (Å²) in [6.07, 6.45) is 2.90. The molecule has 0 radical (unpaired) electrons. The molecule has 5 nitrogen and oxygen atoms in total. The average Bonchev–Trinajstić information content (AvgIpc) is 3.31. The van der Waals surface area contributed by atoms with Crippen LogP contribution in [-0.2, 0) is 38.6 Å². The van der Waals surface area contributed by atoms with E-state index < -0.39 is 0 Å². The number of benzene rings is 2. The molecule has 2 aromatic heterocycles. The summed E-state index contributed by atoms with van der Waals surface area (Å²) in [5.41, 5.74) is 11.0. The maximum atomic E-state index is 8.04. The number of aryl methyl sites for hydroxylation is 1. The van der Waals surface area contributed by atoms with Crippen LogP contribution in [0.3, 0.4) is 0 Å². The Labute approximate surface area is 248 Å². The molecular formula is C34H44CoN5. The Morgan fingerprint density at radius 2 is 1.43 bits per heavy atom. The topological polar surface area (TPSA) is 77.5 Å². The minimum Gasteiger partial charge on any atom is -0.337 e. The molecule has 3 N–H and O–H groups in total.